The predicted molar refractivity (Wildman–Crippen MR) is 84.1 cm³/mol. The number of carbonyl (C=O) groups is 1. The smallest absolute Gasteiger partial charge is 0.341 e. The molecule has 0 fully saturated rings. The Morgan fingerprint density at radius 3 is 2.54 bits per heavy atom. The summed E-state index contributed by atoms with van der Waals surface area (Å²) in [5.41, 5.74) is 0.305. The van der Waals surface area contributed by atoms with Crippen LogP contribution in [0.15, 0.2) is 22.4 Å². The van der Waals surface area contributed by atoms with E-state index < -0.39 is 32.3 Å². The summed E-state index contributed by atoms with van der Waals surface area (Å²) < 4.78 is 56.4. The van der Waals surface area contributed by atoms with Gasteiger partial charge in [0.15, 0.2) is 9.84 Å². The molecule has 0 saturated carbocycles. The molecule has 0 saturated heterocycles. The van der Waals surface area contributed by atoms with E-state index in [-0.39, 0.29) is 23.3 Å². The van der Waals surface area contributed by atoms with Crippen LogP contribution in [0.25, 0.3) is 11.1 Å². The maximum atomic E-state index is 14.4. The van der Waals surface area contributed by atoms with Crippen LogP contribution in [-0.2, 0) is 19.4 Å². The predicted octanol–water partition coefficient (Wildman–Crippen LogP) is 2.60. The zero-order chi connectivity index (χ0) is 17.6. The molecule has 0 unspecified atom stereocenters. The van der Waals surface area contributed by atoms with Crippen molar-refractivity contribution in [2.24, 2.45) is 0 Å². The lowest BCUT2D eigenvalue weighted by atomic mass is 10.00. The molecule has 126 valence electrons. The lowest BCUT2D eigenvalue weighted by Crippen LogP contribution is -2.04. The van der Waals surface area contributed by atoms with Gasteiger partial charge >= 0.3 is 5.97 Å². The molecule has 9 heteroatoms. The molecule has 3 rings (SSSR count). The number of cyclic esters (lactones) is 1. The third kappa shape index (κ3) is 2.84. The molecule has 0 bridgehead atoms. The van der Waals surface area contributed by atoms with Gasteiger partial charge in [0.25, 0.3) is 0 Å². The maximum absolute atomic E-state index is 14.4. The molecular weight excluding hydrogens is 360 g/mol. The fraction of sp³-hybridized carbons (Fsp3) is 0.200. The van der Waals surface area contributed by atoms with E-state index in [4.69, 9.17) is 4.74 Å². The Kier molecular flexibility index (Phi) is 4.00. The molecule has 0 aliphatic carbocycles. The number of rotatable bonds is 3. The largest absolute Gasteiger partial charge is 0.457 e. The zero-order valence-electron chi connectivity index (χ0n) is 12.6. The monoisotopic (exact) mass is 371 g/mol. The summed E-state index contributed by atoms with van der Waals surface area (Å²) in [5, 5.41) is 2.33. The number of hydrogen-bond donors (Lipinski definition) is 0. The normalized spacial score (nSPS) is 15.1. The Morgan fingerprint density at radius 1 is 1.25 bits per heavy atom. The summed E-state index contributed by atoms with van der Waals surface area (Å²) in [7, 11) is -3.91. The van der Waals surface area contributed by atoms with Crippen molar-refractivity contribution in [1.29, 1.82) is 0 Å². The van der Waals surface area contributed by atoms with Crippen molar-refractivity contribution in [2.75, 3.05) is 12.9 Å². The molecule has 5 nitrogen and oxygen atoms in total. The average Bonchev–Trinajstić information content (AvgIpc) is 3.05. The number of aryl methyl sites for hydroxylation is 1. The van der Waals surface area contributed by atoms with E-state index in [1.165, 1.54) is 11.3 Å². The van der Waals surface area contributed by atoms with Gasteiger partial charge in [0.2, 0.25) is 0 Å². The van der Waals surface area contributed by atoms with Crippen LogP contribution in [0.2, 0.25) is 0 Å². The summed E-state index contributed by atoms with van der Waals surface area (Å²) in [4.78, 5) is 15.4. The van der Waals surface area contributed by atoms with Crippen molar-refractivity contribution in [1.82, 2.24) is 4.98 Å². The van der Waals surface area contributed by atoms with E-state index in [1.807, 2.05) is 0 Å². The number of ether oxygens (including phenoxy) is 1. The number of aromatic nitrogens is 1. The number of carbonyl (C=O) groups excluding carboxylic acids is 1. The number of benzene rings is 1. The van der Waals surface area contributed by atoms with Gasteiger partial charge in [-0.1, -0.05) is 0 Å². The lowest BCUT2D eigenvalue weighted by Gasteiger charge is -2.08. The second-order valence-corrected chi connectivity index (χ2v) is 8.26. The first kappa shape index (κ1) is 16.7. The first-order valence-electron chi connectivity index (χ1n) is 6.70. The molecule has 2 aromatic rings. The summed E-state index contributed by atoms with van der Waals surface area (Å²) in [5.74, 6) is -2.72. The summed E-state index contributed by atoms with van der Waals surface area (Å²) >= 11 is 1.30. The quantitative estimate of drug-likeness (QED) is 0.776. The molecule has 0 spiro atoms. The number of halogens is 2. The first-order chi connectivity index (χ1) is 11.2. The molecule has 1 aliphatic rings. The molecule has 2 heterocycles. The summed E-state index contributed by atoms with van der Waals surface area (Å²) in [6.07, 6.45) is 0.787. The van der Waals surface area contributed by atoms with Gasteiger partial charge in [-0.15, -0.1) is 11.3 Å². The van der Waals surface area contributed by atoms with Crippen LogP contribution in [0.3, 0.4) is 0 Å². The third-order valence-corrected chi connectivity index (χ3v) is 5.36. The van der Waals surface area contributed by atoms with Crippen LogP contribution in [0, 0.1) is 18.6 Å². The summed E-state index contributed by atoms with van der Waals surface area (Å²) in [6.45, 7) is 1.51. The maximum Gasteiger partial charge on any atom is 0.341 e. The van der Waals surface area contributed by atoms with E-state index in [2.05, 4.69) is 4.98 Å². The van der Waals surface area contributed by atoms with Crippen LogP contribution < -0.4 is 0 Å². The Bertz CT molecular complexity index is 993. The van der Waals surface area contributed by atoms with Gasteiger partial charge in [0.05, 0.1) is 16.3 Å². The standard InChI is InChI=1S/C15H11F2NO4S2/c1-7-18-12(6-23-7)14-9(5-22-15(14)19)8-3-11(17)13(4-10(8)16)24(2,20)21/h3-4,6H,5H2,1-2H3. The molecule has 0 amide bonds. The van der Waals surface area contributed by atoms with Gasteiger partial charge in [-0.05, 0) is 19.1 Å². The fourth-order valence-corrected chi connectivity index (χ4v) is 3.73. The number of sulfone groups is 1. The number of hydrogen-bond acceptors (Lipinski definition) is 6. The van der Waals surface area contributed by atoms with Crippen molar-refractivity contribution in [3.05, 3.63) is 45.4 Å². The van der Waals surface area contributed by atoms with Crippen LogP contribution >= 0.6 is 11.3 Å². The van der Waals surface area contributed by atoms with Crippen molar-refractivity contribution >= 4 is 38.3 Å². The Balaban J connectivity index is 2.22. The Labute approximate surface area is 140 Å². The zero-order valence-corrected chi connectivity index (χ0v) is 14.2. The Hall–Kier alpha value is -2.13. The van der Waals surface area contributed by atoms with E-state index >= 15 is 0 Å². The van der Waals surface area contributed by atoms with Gasteiger partial charge in [-0.25, -0.2) is 27.0 Å². The average molecular weight is 371 g/mol. The molecule has 0 atom stereocenters. The van der Waals surface area contributed by atoms with Crippen LogP contribution in [0.4, 0.5) is 8.78 Å². The van der Waals surface area contributed by atoms with Crippen molar-refractivity contribution in [3.8, 4) is 0 Å². The number of nitrogens with zero attached hydrogens (tertiary/aromatic N) is 1. The molecule has 24 heavy (non-hydrogen) atoms. The van der Waals surface area contributed by atoms with Crippen molar-refractivity contribution in [3.63, 3.8) is 0 Å². The van der Waals surface area contributed by atoms with Gasteiger partial charge in [-0.3, -0.25) is 0 Å². The first-order valence-corrected chi connectivity index (χ1v) is 9.48. The highest BCUT2D eigenvalue weighted by Gasteiger charge is 2.31. The van der Waals surface area contributed by atoms with E-state index in [0.717, 1.165) is 12.3 Å². The summed E-state index contributed by atoms with van der Waals surface area (Å²) in [6, 6.07) is 1.38. The van der Waals surface area contributed by atoms with Gasteiger partial charge in [0, 0.05) is 22.8 Å². The second-order valence-electron chi connectivity index (χ2n) is 5.22. The minimum absolute atomic E-state index is 0.0600. The topological polar surface area (TPSA) is 73.3 Å². The van der Waals surface area contributed by atoms with Crippen molar-refractivity contribution < 1.29 is 26.7 Å². The van der Waals surface area contributed by atoms with E-state index in [0.29, 0.717) is 16.8 Å². The van der Waals surface area contributed by atoms with E-state index in [9.17, 15) is 22.0 Å². The molecule has 1 aliphatic heterocycles. The molecule has 1 aromatic carbocycles. The molecule has 0 radical (unpaired) electrons. The second kappa shape index (κ2) is 5.75. The minimum atomic E-state index is -3.91. The van der Waals surface area contributed by atoms with Crippen LogP contribution in [0.5, 0.6) is 0 Å². The van der Waals surface area contributed by atoms with Gasteiger partial charge < -0.3 is 4.74 Å². The number of esters is 1. The molecule has 1 aromatic heterocycles. The molecular formula is C15H11F2NO4S2. The van der Waals surface area contributed by atoms with Crippen LogP contribution in [-0.4, -0.2) is 32.2 Å². The van der Waals surface area contributed by atoms with Crippen molar-refractivity contribution in [2.45, 2.75) is 11.8 Å². The molecule has 0 N–H and O–H groups in total. The van der Waals surface area contributed by atoms with E-state index in [1.54, 1.807) is 12.3 Å². The minimum Gasteiger partial charge on any atom is -0.457 e. The fourth-order valence-electron chi connectivity index (χ4n) is 2.40. The number of thiazole rings is 1. The highest BCUT2D eigenvalue weighted by molar-refractivity contribution is 7.90. The highest BCUT2D eigenvalue weighted by Crippen LogP contribution is 2.35. The SMILES string of the molecule is Cc1nc(C2=C(c3cc(F)c(S(C)(=O)=O)cc3F)COC2=O)cs1. The Morgan fingerprint density at radius 2 is 1.96 bits per heavy atom. The van der Waals surface area contributed by atoms with Crippen LogP contribution in [0.1, 0.15) is 16.3 Å². The lowest BCUT2D eigenvalue weighted by molar-refractivity contribution is -0.133. The third-order valence-electron chi connectivity index (χ3n) is 3.47. The van der Waals surface area contributed by atoms with Gasteiger partial charge in [-0.2, -0.15) is 0 Å². The van der Waals surface area contributed by atoms with Gasteiger partial charge in [0.1, 0.15) is 23.1 Å². The highest BCUT2D eigenvalue weighted by atomic mass is 32.2.